The van der Waals surface area contributed by atoms with Gasteiger partial charge in [0.15, 0.2) is 0 Å². The minimum atomic E-state index is -0.108. The summed E-state index contributed by atoms with van der Waals surface area (Å²) in [6, 6.07) is 50.8. The smallest absolute Gasteiger partial charge is 0.0540 e. The van der Waals surface area contributed by atoms with Crippen molar-refractivity contribution in [1.82, 2.24) is 0 Å². The Bertz CT molecular complexity index is 2240. The van der Waals surface area contributed by atoms with Crippen LogP contribution in [-0.4, -0.2) is 0 Å². The number of hydrogen-bond donors (Lipinski definition) is 0. The minimum Gasteiger partial charge on any atom is -0.310 e. The van der Waals surface area contributed by atoms with Gasteiger partial charge in [0.05, 0.1) is 5.69 Å². The van der Waals surface area contributed by atoms with Crippen LogP contribution in [0.1, 0.15) is 88.1 Å². The topological polar surface area (TPSA) is 3.24 Å². The molecule has 49 heavy (non-hydrogen) atoms. The Morgan fingerprint density at radius 3 is 1.71 bits per heavy atom. The number of para-hydroxylation sites is 1. The predicted molar refractivity (Wildman–Crippen MR) is 208 cm³/mol. The molecule has 0 unspecified atom stereocenters. The van der Waals surface area contributed by atoms with Crippen molar-refractivity contribution in [1.29, 1.82) is 0 Å². The van der Waals surface area contributed by atoms with E-state index in [-0.39, 0.29) is 16.2 Å². The summed E-state index contributed by atoms with van der Waals surface area (Å²) in [6.45, 7) is 11.7. The quantitative estimate of drug-likeness (QED) is 0.186. The first-order valence-electron chi connectivity index (χ1n) is 18.2. The van der Waals surface area contributed by atoms with Gasteiger partial charge in [0.2, 0.25) is 0 Å². The molecule has 1 spiro atoms. The molecule has 3 aliphatic carbocycles. The Kier molecular flexibility index (Phi) is 6.66. The van der Waals surface area contributed by atoms with Crippen molar-refractivity contribution in [3.8, 4) is 33.4 Å². The molecule has 9 rings (SSSR count). The van der Waals surface area contributed by atoms with Gasteiger partial charge in [-0.2, -0.15) is 0 Å². The number of anilines is 3. The Morgan fingerprint density at radius 2 is 1.02 bits per heavy atom. The van der Waals surface area contributed by atoms with Crippen LogP contribution in [-0.2, 0) is 16.2 Å². The Balaban J connectivity index is 1.27. The Morgan fingerprint density at radius 1 is 0.490 bits per heavy atom. The molecule has 0 saturated heterocycles. The van der Waals surface area contributed by atoms with Crippen LogP contribution in [0.25, 0.3) is 33.4 Å². The van der Waals surface area contributed by atoms with E-state index in [0.29, 0.717) is 0 Å². The van der Waals surface area contributed by atoms with Crippen LogP contribution in [0.5, 0.6) is 0 Å². The second kappa shape index (κ2) is 10.8. The molecule has 0 amide bonds. The summed E-state index contributed by atoms with van der Waals surface area (Å²) in [6.07, 6.45) is 5.03. The fourth-order valence-corrected chi connectivity index (χ4v) is 9.61. The van der Waals surface area contributed by atoms with Crippen molar-refractivity contribution < 1.29 is 0 Å². The fraction of sp³-hybridized carbons (Fsp3) is 0.250. The first-order valence-corrected chi connectivity index (χ1v) is 18.2. The highest BCUT2D eigenvalue weighted by Gasteiger charge is 2.45. The lowest BCUT2D eigenvalue weighted by Crippen LogP contribution is -2.21. The van der Waals surface area contributed by atoms with E-state index >= 15 is 0 Å². The van der Waals surface area contributed by atoms with E-state index in [4.69, 9.17) is 0 Å². The van der Waals surface area contributed by atoms with Crippen molar-refractivity contribution in [2.75, 3.05) is 4.90 Å². The molecule has 1 saturated carbocycles. The second-order valence-electron chi connectivity index (χ2n) is 16.1. The van der Waals surface area contributed by atoms with E-state index in [1.54, 1.807) is 0 Å². The van der Waals surface area contributed by atoms with Crippen LogP contribution in [0.3, 0.4) is 0 Å². The van der Waals surface area contributed by atoms with Crippen molar-refractivity contribution in [2.45, 2.75) is 76.5 Å². The normalized spacial score (nSPS) is 16.3. The predicted octanol–water partition coefficient (Wildman–Crippen LogP) is 13.3. The highest BCUT2D eigenvalue weighted by molar-refractivity contribution is 5.95. The first kappa shape index (κ1) is 30.2. The van der Waals surface area contributed by atoms with Gasteiger partial charge in [-0.1, -0.05) is 151 Å². The second-order valence-corrected chi connectivity index (χ2v) is 16.1. The van der Waals surface area contributed by atoms with Crippen molar-refractivity contribution in [2.24, 2.45) is 0 Å². The SMILES string of the molecule is CC(C)(C)c1ccc(N(c2ccc3c(c2)C2(CCCC2)c2ccccc2-3)c2ccccc2-c2cccc3c2C(C)(C)c2ccccc2-3)cc1. The van der Waals surface area contributed by atoms with Crippen LogP contribution in [0.2, 0.25) is 0 Å². The minimum absolute atomic E-state index is 0.0840. The molecular weight excluding hydrogens is 591 g/mol. The maximum absolute atomic E-state index is 2.55. The molecule has 0 atom stereocenters. The summed E-state index contributed by atoms with van der Waals surface area (Å²) >= 11 is 0. The molecule has 0 aliphatic heterocycles. The molecule has 242 valence electrons. The van der Waals surface area contributed by atoms with Crippen LogP contribution < -0.4 is 4.90 Å². The molecule has 0 N–H and O–H groups in total. The van der Waals surface area contributed by atoms with E-state index < -0.39 is 0 Å². The van der Waals surface area contributed by atoms with Crippen LogP contribution in [0.4, 0.5) is 17.1 Å². The van der Waals surface area contributed by atoms with Crippen molar-refractivity contribution in [3.63, 3.8) is 0 Å². The summed E-state index contributed by atoms with van der Waals surface area (Å²) in [4.78, 5) is 2.53. The number of benzene rings is 6. The molecular formula is C48H45N. The van der Waals surface area contributed by atoms with E-state index in [9.17, 15) is 0 Å². The summed E-state index contributed by atoms with van der Waals surface area (Å²) in [7, 11) is 0. The third-order valence-electron chi connectivity index (χ3n) is 12.0. The van der Waals surface area contributed by atoms with Crippen LogP contribution in [0, 0.1) is 0 Å². The Hall–Kier alpha value is -4.88. The van der Waals surface area contributed by atoms with E-state index in [2.05, 4.69) is 173 Å². The molecule has 6 aromatic carbocycles. The molecule has 1 fully saturated rings. The highest BCUT2D eigenvalue weighted by atomic mass is 15.1. The van der Waals surface area contributed by atoms with E-state index in [0.717, 1.165) is 0 Å². The van der Waals surface area contributed by atoms with Crippen molar-refractivity contribution >= 4 is 17.1 Å². The molecule has 1 heteroatoms. The average molecular weight is 636 g/mol. The number of nitrogens with zero attached hydrogens (tertiary/aromatic N) is 1. The molecule has 3 aliphatic rings. The number of fused-ring (bicyclic) bond motifs is 8. The fourth-order valence-electron chi connectivity index (χ4n) is 9.61. The zero-order valence-corrected chi connectivity index (χ0v) is 29.5. The van der Waals surface area contributed by atoms with Gasteiger partial charge >= 0.3 is 0 Å². The number of rotatable bonds is 4. The third-order valence-corrected chi connectivity index (χ3v) is 12.0. The maximum atomic E-state index is 2.55. The monoisotopic (exact) mass is 635 g/mol. The average Bonchev–Trinajstić information content (AvgIpc) is 3.78. The molecule has 0 bridgehead atoms. The van der Waals surface area contributed by atoms with Gasteiger partial charge in [-0.25, -0.2) is 0 Å². The highest BCUT2D eigenvalue weighted by Crippen LogP contribution is 2.58. The first-order chi connectivity index (χ1) is 23.7. The third kappa shape index (κ3) is 4.44. The maximum Gasteiger partial charge on any atom is 0.0540 e. The molecule has 0 aromatic heterocycles. The van der Waals surface area contributed by atoms with E-state index in [1.165, 1.54) is 104 Å². The zero-order valence-electron chi connectivity index (χ0n) is 29.5. The summed E-state index contributed by atoms with van der Waals surface area (Å²) in [5, 5.41) is 0. The van der Waals surface area contributed by atoms with Gasteiger partial charge in [0.1, 0.15) is 0 Å². The van der Waals surface area contributed by atoms with Gasteiger partial charge in [-0.15, -0.1) is 0 Å². The standard InChI is InChI=1S/C48H45N/c1-46(2,3)32-23-25-33(26-24-32)49(34-27-28-37-35-15-7-10-21-42(35)48(43(37)31-34)29-12-13-30-48)44-22-11-8-17-38(44)40-19-14-18-39-36-16-6-9-20-41(36)47(4,5)45(39)40/h6-11,14-28,31H,12-13,29-30H2,1-5H3. The lowest BCUT2D eigenvalue weighted by atomic mass is 9.76. The summed E-state index contributed by atoms with van der Waals surface area (Å²) in [5.74, 6) is 0. The summed E-state index contributed by atoms with van der Waals surface area (Å²) < 4.78 is 0. The molecule has 1 nitrogen and oxygen atoms in total. The largest absolute Gasteiger partial charge is 0.310 e. The van der Waals surface area contributed by atoms with E-state index in [1.807, 2.05) is 0 Å². The van der Waals surface area contributed by atoms with Crippen molar-refractivity contribution in [3.05, 3.63) is 161 Å². The van der Waals surface area contributed by atoms with Gasteiger partial charge in [0, 0.05) is 27.8 Å². The van der Waals surface area contributed by atoms with Gasteiger partial charge in [-0.3, -0.25) is 0 Å². The Labute approximate surface area is 292 Å². The van der Waals surface area contributed by atoms with Gasteiger partial charge in [0.25, 0.3) is 0 Å². The molecule has 6 aromatic rings. The summed E-state index contributed by atoms with van der Waals surface area (Å²) in [5.41, 5.74) is 19.0. The van der Waals surface area contributed by atoms with Gasteiger partial charge < -0.3 is 4.90 Å². The van der Waals surface area contributed by atoms with Crippen LogP contribution in [0.15, 0.2) is 133 Å². The lowest BCUT2D eigenvalue weighted by Gasteiger charge is -2.32. The van der Waals surface area contributed by atoms with Crippen LogP contribution >= 0.6 is 0 Å². The van der Waals surface area contributed by atoms with Gasteiger partial charge in [-0.05, 0) is 104 Å². The lowest BCUT2D eigenvalue weighted by molar-refractivity contribution is 0.550. The zero-order chi connectivity index (χ0) is 33.5. The molecule has 0 heterocycles. The molecule has 0 radical (unpaired) electrons. The number of hydrogen-bond acceptors (Lipinski definition) is 1.